The summed E-state index contributed by atoms with van der Waals surface area (Å²) in [5.74, 6) is 1.08. The van der Waals surface area contributed by atoms with E-state index in [4.69, 9.17) is 14.5 Å². The van der Waals surface area contributed by atoms with Crippen LogP contribution in [0.4, 0.5) is 0 Å². The Bertz CT molecular complexity index is 593. The molecule has 0 spiro atoms. The highest BCUT2D eigenvalue weighted by Gasteiger charge is 2.42. The molecule has 2 aliphatic rings. The van der Waals surface area contributed by atoms with E-state index in [0.29, 0.717) is 11.5 Å². The lowest BCUT2D eigenvalue weighted by atomic mass is 9.97. The molecule has 1 aliphatic carbocycles. The molecule has 1 aromatic rings. The summed E-state index contributed by atoms with van der Waals surface area (Å²) < 4.78 is 11.1. The van der Waals surface area contributed by atoms with Gasteiger partial charge in [0.05, 0.1) is 6.10 Å². The topological polar surface area (TPSA) is 46.1 Å². The third kappa shape index (κ3) is 6.49. The summed E-state index contributed by atoms with van der Waals surface area (Å²) in [5.41, 5.74) is 1.82. The molecule has 1 N–H and O–H groups in total. The molecule has 1 saturated carbocycles. The highest BCUT2D eigenvalue weighted by atomic mass is 16.5. The van der Waals surface area contributed by atoms with Gasteiger partial charge in [-0.15, -0.1) is 0 Å². The highest BCUT2D eigenvalue weighted by molar-refractivity contribution is 5.80. The molecule has 1 saturated heterocycles. The van der Waals surface area contributed by atoms with Crippen LogP contribution in [0.5, 0.6) is 0 Å². The van der Waals surface area contributed by atoms with Crippen molar-refractivity contribution >= 4 is 5.96 Å². The summed E-state index contributed by atoms with van der Waals surface area (Å²) in [6.07, 6.45) is 7.24. The third-order valence-corrected chi connectivity index (χ3v) is 5.87. The number of guanidine groups is 1. The number of benzene rings is 1. The first kappa shape index (κ1) is 21.1. The normalized spacial score (nSPS) is 19.6. The first-order valence-corrected chi connectivity index (χ1v) is 10.9. The molecule has 0 aromatic heterocycles. The van der Waals surface area contributed by atoms with Crippen LogP contribution in [0.1, 0.15) is 44.6 Å². The Hall–Kier alpha value is -1.59. The van der Waals surface area contributed by atoms with Gasteiger partial charge in [0.1, 0.15) is 0 Å². The Labute approximate surface area is 170 Å². The Morgan fingerprint density at radius 1 is 1.18 bits per heavy atom. The fraction of sp³-hybridized carbons (Fsp3) is 0.696. The molecule has 0 radical (unpaired) electrons. The number of hydrogen-bond donors (Lipinski definition) is 1. The van der Waals surface area contributed by atoms with E-state index in [1.165, 1.54) is 18.4 Å². The van der Waals surface area contributed by atoms with E-state index < -0.39 is 0 Å². The number of likely N-dealkylation sites (tertiary alicyclic amines) is 1. The third-order valence-electron chi connectivity index (χ3n) is 5.87. The largest absolute Gasteiger partial charge is 0.385 e. The number of methoxy groups -OCH3 is 1. The van der Waals surface area contributed by atoms with Crippen molar-refractivity contribution in [1.82, 2.24) is 10.2 Å². The van der Waals surface area contributed by atoms with Gasteiger partial charge in [-0.3, -0.25) is 4.99 Å². The van der Waals surface area contributed by atoms with Crippen LogP contribution in [0.25, 0.3) is 0 Å². The lowest BCUT2D eigenvalue weighted by molar-refractivity contribution is 0.00989. The van der Waals surface area contributed by atoms with E-state index in [1.807, 2.05) is 0 Å². The minimum absolute atomic E-state index is 0.379. The average Bonchev–Trinajstić information content (AvgIpc) is 3.49. The summed E-state index contributed by atoms with van der Waals surface area (Å²) in [4.78, 5) is 7.47. The molecule has 156 valence electrons. The molecule has 5 nitrogen and oxygen atoms in total. The van der Waals surface area contributed by atoms with Crippen LogP contribution < -0.4 is 5.32 Å². The van der Waals surface area contributed by atoms with Crippen molar-refractivity contribution in [2.75, 3.05) is 46.5 Å². The van der Waals surface area contributed by atoms with Crippen LogP contribution in [0.3, 0.4) is 0 Å². The number of rotatable bonds is 10. The number of nitrogens with one attached hydrogen (secondary N) is 1. The van der Waals surface area contributed by atoms with Crippen molar-refractivity contribution in [2.45, 2.75) is 51.6 Å². The summed E-state index contributed by atoms with van der Waals surface area (Å²) in [6, 6.07) is 10.9. The predicted molar refractivity (Wildman–Crippen MR) is 115 cm³/mol. The Kier molecular flexibility index (Phi) is 8.16. The zero-order valence-electron chi connectivity index (χ0n) is 17.7. The van der Waals surface area contributed by atoms with Gasteiger partial charge in [0, 0.05) is 46.5 Å². The van der Waals surface area contributed by atoms with Gasteiger partial charge < -0.3 is 19.7 Å². The summed E-state index contributed by atoms with van der Waals surface area (Å²) in [6.45, 7) is 7.61. The fourth-order valence-corrected chi connectivity index (χ4v) is 3.95. The molecule has 3 rings (SSSR count). The minimum atomic E-state index is 0.379. The van der Waals surface area contributed by atoms with E-state index in [-0.39, 0.29) is 0 Å². The van der Waals surface area contributed by atoms with Crippen LogP contribution in [-0.2, 0) is 15.9 Å². The molecule has 1 aromatic carbocycles. The van der Waals surface area contributed by atoms with Crippen LogP contribution in [0.2, 0.25) is 0 Å². The van der Waals surface area contributed by atoms with Crippen molar-refractivity contribution in [2.24, 2.45) is 10.4 Å². The Balaban J connectivity index is 1.48. The first-order valence-electron chi connectivity index (χ1n) is 10.9. The van der Waals surface area contributed by atoms with Crippen molar-refractivity contribution in [3.8, 4) is 0 Å². The number of nitrogens with zero attached hydrogens (tertiary/aromatic N) is 2. The van der Waals surface area contributed by atoms with Gasteiger partial charge in [-0.1, -0.05) is 30.3 Å². The van der Waals surface area contributed by atoms with Crippen LogP contribution in [0.15, 0.2) is 35.3 Å². The lowest BCUT2D eigenvalue weighted by Gasteiger charge is -2.34. The summed E-state index contributed by atoms with van der Waals surface area (Å²) in [5, 5.41) is 3.51. The van der Waals surface area contributed by atoms with E-state index in [2.05, 4.69) is 47.5 Å². The molecule has 0 bridgehead atoms. The SMILES string of the molecule is CCNC(=NCC1(Cc2ccccc2)CC1)N1CCC(OCCCOC)CC1. The molecule has 1 aliphatic heterocycles. The standard InChI is InChI=1S/C23H37N3O2/c1-3-24-22(26-14-10-21(11-15-26)28-17-7-16-27-2)25-19-23(12-13-23)18-20-8-5-4-6-9-20/h4-6,8-9,21H,3,7,10-19H2,1-2H3,(H,24,25). The van der Waals surface area contributed by atoms with E-state index >= 15 is 0 Å². The Morgan fingerprint density at radius 3 is 2.57 bits per heavy atom. The van der Waals surface area contributed by atoms with Crippen molar-refractivity contribution < 1.29 is 9.47 Å². The van der Waals surface area contributed by atoms with Crippen LogP contribution in [-0.4, -0.2) is 63.5 Å². The Morgan fingerprint density at radius 2 is 1.93 bits per heavy atom. The molecule has 1 heterocycles. The molecular weight excluding hydrogens is 350 g/mol. The second kappa shape index (κ2) is 10.8. The minimum Gasteiger partial charge on any atom is -0.385 e. The second-order valence-electron chi connectivity index (χ2n) is 8.24. The van der Waals surface area contributed by atoms with Crippen molar-refractivity contribution in [1.29, 1.82) is 0 Å². The predicted octanol–water partition coefficient (Wildman–Crippen LogP) is 3.49. The number of aliphatic imine (C=N–C) groups is 1. The zero-order chi connectivity index (χ0) is 19.7. The van der Waals surface area contributed by atoms with Crippen molar-refractivity contribution in [3.63, 3.8) is 0 Å². The van der Waals surface area contributed by atoms with Crippen LogP contribution in [0, 0.1) is 5.41 Å². The summed E-state index contributed by atoms with van der Waals surface area (Å²) in [7, 11) is 1.74. The maximum absolute atomic E-state index is 6.00. The first-order chi connectivity index (χ1) is 13.7. The van der Waals surface area contributed by atoms with Crippen LogP contribution >= 0.6 is 0 Å². The average molecular weight is 388 g/mol. The monoisotopic (exact) mass is 387 g/mol. The molecule has 2 fully saturated rings. The second-order valence-corrected chi connectivity index (χ2v) is 8.24. The quantitative estimate of drug-likeness (QED) is 0.379. The molecule has 0 amide bonds. The molecule has 5 heteroatoms. The van der Waals surface area contributed by atoms with Gasteiger partial charge in [0.2, 0.25) is 0 Å². The lowest BCUT2D eigenvalue weighted by Crippen LogP contribution is -2.47. The van der Waals surface area contributed by atoms with Crippen molar-refractivity contribution in [3.05, 3.63) is 35.9 Å². The highest BCUT2D eigenvalue weighted by Crippen LogP contribution is 2.48. The molecule has 0 atom stereocenters. The molecular formula is C23H37N3O2. The van der Waals surface area contributed by atoms with Gasteiger partial charge in [0.15, 0.2) is 5.96 Å². The van der Waals surface area contributed by atoms with Gasteiger partial charge in [0.25, 0.3) is 0 Å². The molecule has 28 heavy (non-hydrogen) atoms. The zero-order valence-corrected chi connectivity index (χ0v) is 17.7. The van der Waals surface area contributed by atoms with E-state index in [1.54, 1.807) is 7.11 Å². The maximum atomic E-state index is 6.00. The van der Waals surface area contributed by atoms with Gasteiger partial charge >= 0.3 is 0 Å². The number of ether oxygens (including phenoxy) is 2. The fourth-order valence-electron chi connectivity index (χ4n) is 3.95. The van der Waals surface area contributed by atoms with E-state index in [0.717, 1.165) is 71.0 Å². The van der Waals surface area contributed by atoms with Gasteiger partial charge in [-0.05, 0) is 56.4 Å². The smallest absolute Gasteiger partial charge is 0.193 e. The number of piperidine rings is 1. The number of hydrogen-bond acceptors (Lipinski definition) is 3. The maximum Gasteiger partial charge on any atom is 0.193 e. The van der Waals surface area contributed by atoms with E-state index in [9.17, 15) is 0 Å². The van der Waals surface area contributed by atoms with Gasteiger partial charge in [-0.2, -0.15) is 0 Å². The summed E-state index contributed by atoms with van der Waals surface area (Å²) >= 11 is 0. The molecule has 0 unspecified atom stereocenters. The van der Waals surface area contributed by atoms with Gasteiger partial charge in [-0.25, -0.2) is 0 Å².